The van der Waals surface area contributed by atoms with Crippen molar-refractivity contribution in [1.29, 1.82) is 0 Å². The number of hydrogen-bond donors (Lipinski definition) is 0. The minimum absolute atomic E-state index is 0.914. The highest BCUT2D eigenvalue weighted by Gasteiger charge is 1.82. The van der Waals surface area contributed by atoms with Gasteiger partial charge in [0.1, 0.15) is 0 Å². The molecule has 0 saturated heterocycles. The van der Waals surface area contributed by atoms with Crippen molar-refractivity contribution in [2.75, 3.05) is 7.11 Å². The summed E-state index contributed by atoms with van der Waals surface area (Å²) in [7, 11) is 1.68. The van der Waals surface area contributed by atoms with Gasteiger partial charge in [-0.25, -0.2) is 0 Å². The van der Waals surface area contributed by atoms with Crippen molar-refractivity contribution in [3.8, 4) is 0 Å². The summed E-state index contributed by atoms with van der Waals surface area (Å²) in [6, 6.07) is 0. The van der Waals surface area contributed by atoms with Crippen molar-refractivity contribution in [3.05, 3.63) is 36.1 Å². The van der Waals surface area contributed by atoms with Gasteiger partial charge < -0.3 is 4.74 Å². The lowest BCUT2D eigenvalue weighted by atomic mass is 10.2. The Morgan fingerprint density at radius 3 is 2.45 bits per heavy atom. The van der Waals surface area contributed by atoms with Gasteiger partial charge in [0.2, 0.25) is 0 Å². The molecule has 0 N–H and O–H groups in total. The van der Waals surface area contributed by atoms with E-state index in [-0.39, 0.29) is 0 Å². The van der Waals surface area contributed by atoms with Crippen LogP contribution in [0.2, 0.25) is 0 Å². The van der Waals surface area contributed by atoms with E-state index in [0.29, 0.717) is 0 Å². The molecule has 0 aromatic heterocycles. The van der Waals surface area contributed by atoms with E-state index in [1.54, 1.807) is 7.11 Å². The van der Waals surface area contributed by atoms with Gasteiger partial charge in [-0.1, -0.05) is 24.3 Å². The maximum atomic E-state index is 4.97. The molecule has 62 valence electrons. The first-order valence-electron chi connectivity index (χ1n) is 3.70. The average Bonchev–Trinajstić information content (AvgIpc) is 2.04. The lowest BCUT2D eigenvalue weighted by Crippen LogP contribution is -1.77. The van der Waals surface area contributed by atoms with E-state index in [4.69, 9.17) is 4.74 Å². The van der Waals surface area contributed by atoms with Crippen LogP contribution in [-0.2, 0) is 4.74 Å². The van der Waals surface area contributed by atoms with Gasteiger partial charge in [-0.3, -0.25) is 0 Å². The SMILES string of the molecule is C=C/C(C)=C\C/C=C(\C)OC. The first-order chi connectivity index (χ1) is 5.20. The van der Waals surface area contributed by atoms with Gasteiger partial charge in [0, 0.05) is 0 Å². The largest absolute Gasteiger partial charge is 0.502 e. The van der Waals surface area contributed by atoms with Crippen molar-refractivity contribution in [2.45, 2.75) is 20.3 Å². The summed E-state index contributed by atoms with van der Waals surface area (Å²) < 4.78 is 4.97. The molecule has 11 heavy (non-hydrogen) atoms. The fourth-order valence-corrected chi connectivity index (χ4v) is 0.577. The van der Waals surface area contributed by atoms with Gasteiger partial charge in [0.25, 0.3) is 0 Å². The second kappa shape index (κ2) is 5.78. The number of methoxy groups -OCH3 is 1. The van der Waals surface area contributed by atoms with Gasteiger partial charge in [-0.15, -0.1) is 0 Å². The fraction of sp³-hybridized carbons (Fsp3) is 0.400. The molecular weight excluding hydrogens is 136 g/mol. The molecule has 0 spiro atoms. The second-order valence-corrected chi connectivity index (χ2v) is 2.41. The van der Waals surface area contributed by atoms with E-state index < -0.39 is 0 Å². The molecular formula is C10H16O. The summed E-state index contributed by atoms with van der Waals surface area (Å²) in [5.41, 5.74) is 1.20. The normalized spacial score (nSPS) is 13.0. The Kier molecular flexibility index (Phi) is 5.26. The minimum Gasteiger partial charge on any atom is -0.502 e. The molecule has 0 amide bonds. The van der Waals surface area contributed by atoms with Crippen LogP contribution in [0.4, 0.5) is 0 Å². The summed E-state index contributed by atoms with van der Waals surface area (Å²) in [6.45, 7) is 7.63. The van der Waals surface area contributed by atoms with E-state index in [0.717, 1.165) is 12.2 Å². The minimum atomic E-state index is 0.914. The number of allylic oxidation sites excluding steroid dienone is 5. The van der Waals surface area contributed by atoms with E-state index in [9.17, 15) is 0 Å². The molecule has 0 bridgehead atoms. The predicted molar refractivity (Wildman–Crippen MR) is 49.3 cm³/mol. The number of ether oxygens (including phenoxy) is 1. The Balaban J connectivity index is 3.80. The highest BCUT2D eigenvalue weighted by atomic mass is 16.5. The third-order valence-corrected chi connectivity index (χ3v) is 1.49. The summed E-state index contributed by atoms with van der Waals surface area (Å²) >= 11 is 0. The summed E-state index contributed by atoms with van der Waals surface area (Å²) in [5, 5.41) is 0. The van der Waals surface area contributed by atoms with Crippen LogP contribution in [0.3, 0.4) is 0 Å². The molecule has 0 aromatic carbocycles. The zero-order valence-electron chi connectivity index (χ0n) is 7.55. The highest BCUT2D eigenvalue weighted by molar-refractivity contribution is 5.14. The molecule has 0 radical (unpaired) electrons. The van der Waals surface area contributed by atoms with Crippen molar-refractivity contribution in [3.63, 3.8) is 0 Å². The van der Waals surface area contributed by atoms with Crippen LogP contribution in [0, 0.1) is 0 Å². The van der Waals surface area contributed by atoms with Crippen LogP contribution in [0.1, 0.15) is 20.3 Å². The van der Waals surface area contributed by atoms with Crippen LogP contribution in [0.15, 0.2) is 36.1 Å². The lowest BCUT2D eigenvalue weighted by Gasteiger charge is -1.95. The molecule has 0 saturated carbocycles. The van der Waals surface area contributed by atoms with Gasteiger partial charge in [0.15, 0.2) is 0 Å². The monoisotopic (exact) mass is 152 g/mol. The molecule has 0 atom stereocenters. The summed E-state index contributed by atoms with van der Waals surface area (Å²) in [5.74, 6) is 0.957. The van der Waals surface area contributed by atoms with Crippen molar-refractivity contribution in [1.82, 2.24) is 0 Å². The van der Waals surface area contributed by atoms with Crippen molar-refractivity contribution >= 4 is 0 Å². The molecule has 0 heterocycles. The van der Waals surface area contributed by atoms with E-state index in [2.05, 4.69) is 12.7 Å². The zero-order valence-corrected chi connectivity index (χ0v) is 7.55. The standard InChI is InChI=1S/C10H16O/c1-5-9(2)7-6-8-10(3)11-4/h5,7-8H,1,6H2,2-4H3/b9-7-,10-8+. The molecule has 0 aromatic rings. The average molecular weight is 152 g/mol. The summed E-state index contributed by atoms with van der Waals surface area (Å²) in [6.07, 6.45) is 6.90. The maximum absolute atomic E-state index is 4.97. The predicted octanol–water partition coefficient (Wildman–Crippen LogP) is 3.06. The molecule has 0 aliphatic carbocycles. The fourth-order valence-electron chi connectivity index (χ4n) is 0.577. The third kappa shape index (κ3) is 5.46. The zero-order chi connectivity index (χ0) is 8.69. The van der Waals surface area contributed by atoms with E-state index in [1.807, 2.05) is 26.0 Å². The van der Waals surface area contributed by atoms with Crippen LogP contribution in [-0.4, -0.2) is 7.11 Å². The topological polar surface area (TPSA) is 9.23 Å². The van der Waals surface area contributed by atoms with Crippen LogP contribution in [0.5, 0.6) is 0 Å². The summed E-state index contributed by atoms with van der Waals surface area (Å²) in [4.78, 5) is 0. The Bertz CT molecular complexity index is 175. The van der Waals surface area contributed by atoms with E-state index >= 15 is 0 Å². The molecule has 0 rings (SSSR count). The second-order valence-electron chi connectivity index (χ2n) is 2.41. The van der Waals surface area contributed by atoms with Crippen LogP contribution < -0.4 is 0 Å². The molecule has 0 fully saturated rings. The molecule has 0 aliphatic rings. The van der Waals surface area contributed by atoms with Crippen LogP contribution >= 0.6 is 0 Å². The highest BCUT2D eigenvalue weighted by Crippen LogP contribution is 2.00. The van der Waals surface area contributed by atoms with Gasteiger partial charge in [-0.2, -0.15) is 0 Å². The maximum Gasteiger partial charge on any atom is 0.0887 e. The first kappa shape index (κ1) is 10.0. The Labute approximate surface area is 69.1 Å². The molecule has 0 unspecified atom stereocenters. The van der Waals surface area contributed by atoms with Crippen molar-refractivity contribution < 1.29 is 4.74 Å². The van der Waals surface area contributed by atoms with Crippen LogP contribution in [0.25, 0.3) is 0 Å². The smallest absolute Gasteiger partial charge is 0.0887 e. The van der Waals surface area contributed by atoms with Gasteiger partial charge >= 0.3 is 0 Å². The van der Waals surface area contributed by atoms with Gasteiger partial charge in [0.05, 0.1) is 12.9 Å². The van der Waals surface area contributed by atoms with E-state index in [1.165, 1.54) is 5.57 Å². The number of hydrogen-bond acceptors (Lipinski definition) is 1. The van der Waals surface area contributed by atoms with Gasteiger partial charge in [-0.05, 0) is 26.3 Å². The molecule has 0 aliphatic heterocycles. The van der Waals surface area contributed by atoms with Crippen molar-refractivity contribution in [2.24, 2.45) is 0 Å². The Morgan fingerprint density at radius 2 is 2.00 bits per heavy atom. The quantitative estimate of drug-likeness (QED) is 0.444. The Morgan fingerprint density at radius 1 is 1.36 bits per heavy atom. The molecule has 1 nitrogen and oxygen atoms in total. The first-order valence-corrected chi connectivity index (χ1v) is 3.70. The molecule has 1 heteroatoms. The number of rotatable bonds is 4. The third-order valence-electron chi connectivity index (χ3n) is 1.49. The lowest BCUT2D eigenvalue weighted by molar-refractivity contribution is 0.292. The Hall–Kier alpha value is -0.980.